The van der Waals surface area contributed by atoms with Gasteiger partial charge in [0.05, 0.1) is 6.10 Å². The SMILES string of the molecule is CCc1ccc2c(c1)[C@H](O)CCC2C. The molecule has 76 valence electrons. The standard InChI is InChI=1S/C13H18O/c1-3-10-5-6-11-9(2)4-7-13(14)12(11)8-10/h5-6,8-9,13-14H,3-4,7H2,1-2H3/t9?,13-/m1/s1. The zero-order valence-electron chi connectivity index (χ0n) is 8.96. The first kappa shape index (κ1) is 9.72. The minimum absolute atomic E-state index is 0.229. The summed E-state index contributed by atoms with van der Waals surface area (Å²) in [5.74, 6) is 0.610. The summed E-state index contributed by atoms with van der Waals surface area (Å²) in [4.78, 5) is 0. The van der Waals surface area contributed by atoms with Crippen LogP contribution >= 0.6 is 0 Å². The summed E-state index contributed by atoms with van der Waals surface area (Å²) in [7, 11) is 0. The van der Waals surface area contributed by atoms with Gasteiger partial charge in [0, 0.05) is 0 Å². The minimum atomic E-state index is -0.229. The first-order valence-electron chi connectivity index (χ1n) is 5.53. The highest BCUT2D eigenvalue weighted by Crippen LogP contribution is 2.37. The van der Waals surface area contributed by atoms with Crippen molar-refractivity contribution in [3.63, 3.8) is 0 Å². The summed E-state index contributed by atoms with van der Waals surface area (Å²) >= 11 is 0. The van der Waals surface area contributed by atoms with Crippen molar-refractivity contribution >= 4 is 0 Å². The Morgan fingerprint density at radius 1 is 1.29 bits per heavy atom. The second-order valence-electron chi connectivity index (χ2n) is 4.31. The lowest BCUT2D eigenvalue weighted by molar-refractivity contribution is 0.151. The van der Waals surface area contributed by atoms with E-state index in [1.165, 1.54) is 16.7 Å². The number of aryl methyl sites for hydroxylation is 1. The Morgan fingerprint density at radius 3 is 2.79 bits per heavy atom. The molecule has 1 heteroatoms. The molecule has 1 aromatic rings. The largest absolute Gasteiger partial charge is 0.388 e. The molecule has 0 heterocycles. The number of hydrogen-bond acceptors (Lipinski definition) is 1. The molecule has 0 spiro atoms. The van der Waals surface area contributed by atoms with Crippen LogP contribution in [0.2, 0.25) is 0 Å². The monoisotopic (exact) mass is 190 g/mol. The van der Waals surface area contributed by atoms with E-state index in [0.29, 0.717) is 5.92 Å². The van der Waals surface area contributed by atoms with Crippen molar-refractivity contribution in [2.45, 2.75) is 45.1 Å². The maximum atomic E-state index is 9.90. The lowest BCUT2D eigenvalue weighted by Gasteiger charge is -2.27. The maximum Gasteiger partial charge on any atom is 0.0793 e. The van der Waals surface area contributed by atoms with Crippen molar-refractivity contribution in [2.75, 3.05) is 0 Å². The summed E-state index contributed by atoms with van der Waals surface area (Å²) in [5, 5.41) is 9.90. The number of benzene rings is 1. The Labute approximate surface area is 85.8 Å². The number of fused-ring (bicyclic) bond motifs is 1. The molecule has 2 atom stereocenters. The van der Waals surface area contributed by atoms with Crippen molar-refractivity contribution < 1.29 is 5.11 Å². The Morgan fingerprint density at radius 2 is 2.07 bits per heavy atom. The molecule has 1 aliphatic rings. The fraction of sp³-hybridized carbons (Fsp3) is 0.538. The second-order valence-corrected chi connectivity index (χ2v) is 4.31. The third kappa shape index (κ3) is 1.57. The summed E-state index contributed by atoms with van der Waals surface area (Å²) in [6.45, 7) is 4.40. The minimum Gasteiger partial charge on any atom is -0.388 e. The van der Waals surface area contributed by atoms with E-state index in [9.17, 15) is 5.11 Å². The first-order chi connectivity index (χ1) is 6.72. The van der Waals surface area contributed by atoms with Crippen LogP contribution in [0.25, 0.3) is 0 Å². The Kier molecular flexibility index (Phi) is 2.60. The normalized spacial score (nSPS) is 25.9. The van der Waals surface area contributed by atoms with Gasteiger partial charge in [0.2, 0.25) is 0 Å². The van der Waals surface area contributed by atoms with Crippen LogP contribution in [0, 0.1) is 0 Å². The van der Waals surface area contributed by atoms with Gasteiger partial charge in [-0.2, -0.15) is 0 Å². The molecule has 1 N–H and O–H groups in total. The third-order valence-electron chi connectivity index (χ3n) is 3.32. The van der Waals surface area contributed by atoms with Crippen LogP contribution < -0.4 is 0 Å². The van der Waals surface area contributed by atoms with Crippen molar-refractivity contribution in [3.8, 4) is 0 Å². The van der Waals surface area contributed by atoms with Crippen molar-refractivity contribution in [2.24, 2.45) is 0 Å². The van der Waals surface area contributed by atoms with Crippen LogP contribution in [0.4, 0.5) is 0 Å². The average Bonchev–Trinajstić information content (AvgIpc) is 2.23. The molecular weight excluding hydrogens is 172 g/mol. The lowest BCUT2D eigenvalue weighted by Crippen LogP contribution is -2.12. The van der Waals surface area contributed by atoms with Gasteiger partial charge in [0.15, 0.2) is 0 Å². The van der Waals surface area contributed by atoms with Crippen LogP contribution in [0.5, 0.6) is 0 Å². The van der Waals surface area contributed by atoms with E-state index in [2.05, 4.69) is 32.0 Å². The smallest absolute Gasteiger partial charge is 0.0793 e. The fourth-order valence-corrected chi connectivity index (χ4v) is 2.30. The second kappa shape index (κ2) is 3.74. The molecule has 0 aromatic heterocycles. The van der Waals surface area contributed by atoms with Gasteiger partial charge in [0.1, 0.15) is 0 Å². The van der Waals surface area contributed by atoms with E-state index in [1.807, 2.05) is 0 Å². The first-order valence-corrected chi connectivity index (χ1v) is 5.53. The number of hydrogen-bond donors (Lipinski definition) is 1. The average molecular weight is 190 g/mol. The molecule has 1 aromatic carbocycles. The predicted octanol–water partition coefficient (Wildman–Crippen LogP) is 3.18. The molecule has 14 heavy (non-hydrogen) atoms. The molecule has 0 saturated carbocycles. The summed E-state index contributed by atoms with van der Waals surface area (Å²) in [6, 6.07) is 6.56. The highest BCUT2D eigenvalue weighted by Gasteiger charge is 2.22. The van der Waals surface area contributed by atoms with E-state index >= 15 is 0 Å². The third-order valence-corrected chi connectivity index (χ3v) is 3.32. The molecule has 0 amide bonds. The topological polar surface area (TPSA) is 20.2 Å². The van der Waals surface area contributed by atoms with Gasteiger partial charge in [-0.25, -0.2) is 0 Å². The molecule has 0 radical (unpaired) electrons. The quantitative estimate of drug-likeness (QED) is 0.721. The van der Waals surface area contributed by atoms with Gasteiger partial charge in [0.25, 0.3) is 0 Å². The van der Waals surface area contributed by atoms with Gasteiger partial charge in [-0.05, 0) is 41.9 Å². The zero-order valence-corrected chi connectivity index (χ0v) is 8.96. The van der Waals surface area contributed by atoms with E-state index in [0.717, 1.165) is 19.3 Å². The number of aliphatic hydroxyl groups is 1. The highest BCUT2D eigenvalue weighted by atomic mass is 16.3. The summed E-state index contributed by atoms with van der Waals surface area (Å²) in [6.07, 6.45) is 2.85. The summed E-state index contributed by atoms with van der Waals surface area (Å²) in [5.41, 5.74) is 3.85. The van der Waals surface area contributed by atoms with Crippen LogP contribution in [0.3, 0.4) is 0 Å². The van der Waals surface area contributed by atoms with Gasteiger partial charge < -0.3 is 5.11 Å². The molecular formula is C13H18O. The Balaban J connectivity index is 2.45. The van der Waals surface area contributed by atoms with Crippen molar-refractivity contribution in [1.82, 2.24) is 0 Å². The molecule has 0 bridgehead atoms. The van der Waals surface area contributed by atoms with E-state index in [4.69, 9.17) is 0 Å². The van der Waals surface area contributed by atoms with Crippen molar-refractivity contribution in [1.29, 1.82) is 0 Å². The van der Waals surface area contributed by atoms with Crippen molar-refractivity contribution in [3.05, 3.63) is 34.9 Å². The summed E-state index contributed by atoms with van der Waals surface area (Å²) < 4.78 is 0. The Hall–Kier alpha value is -0.820. The maximum absolute atomic E-state index is 9.90. The molecule has 0 saturated heterocycles. The van der Waals surface area contributed by atoms with Gasteiger partial charge in [-0.3, -0.25) is 0 Å². The van der Waals surface area contributed by atoms with E-state index in [1.54, 1.807) is 0 Å². The lowest BCUT2D eigenvalue weighted by atomic mass is 9.81. The molecule has 0 aliphatic heterocycles. The molecule has 1 nitrogen and oxygen atoms in total. The van der Waals surface area contributed by atoms with E-state index in [-0.39, 0.29) is 6.10 Å². The number of rotatable bonds is 1. The fourth-order valence-electron chi connectivity index (χ4n) is 2.30. The molecule has 0 fully saturated rings. The predicted molar refractivity (Wildman–Crippen MR) is 58.4 cm³/mol. The van der Waals surface area contributed by atoms with Crippen LogP contribution in [0.1, 0.15) is 55.4 Å². The molecule has 1 unspecified atom stereocenters. The van der Waals surface area contributed by atoms with Crippen LogP contribution in [0.15, 0.2) is 18.2 Å². The van der Waals surface area contributed by atoms with Crippen LogP contribution in [-0.2, 0) is 6.42 Å². The van der Waals surface area contributed by atoms with Gasteiger partial charge in [-0.1, -0.05) is 32.0 Å². The molecule has 2 rings (SSSR count). The molecule has 1 aliphatic carbocycles. The van der Waals surface area contributed by atoms with E-state index < -0.39 is 0 Å². The van der Waals surface area contributed by atoms with Gasteiger partial charge in [-0.15, -0.1) is 0 Å². The number of aliphatic hydroxyl groups excluding tert-OH is 1. The highest BCUT2D eigenvalue weighted by molar-refractivity contribution is 5.37. The Bertz CT molecular complexity index is 330. The van der Waals surface area contributed by atoms with Crippen LogP contribution in [-0.4, -0.2) is 5.11 Å². The zero-order chi connectivity index (χ0) is 10.1. The van der Waals surface area contributed by atoms with Gasteiger partial charge >= 0.3 is 0 Å².